The Hall–Kier alpha value is -2.15. The molecule has 1 heterocycles. The van der Waals surface area contributed by atoms with Crippen molar-refractivity contribution in [2.24, 2.45) is 0 Å². The molecule has 1 atom stereocenters. The maximum atomic E-state index is 13.0. The first-order valence-electron chi connectivity index (χ1n) is 7.59. The lowest BCUT2D eigenvalue weighted by molar-refractivity contribution is -0.137. The summed E-state index contributed by atoms with van der Waals surface area (Å²) in [6, 6.07) is 5.48. The van der Waals surface area contributed by atoms with Crippen molar-refractivity contribution in [3.63, 3.8) is 0 Å². The average Bonchev–Trinajstić information content (AvgIpc) is 2.54. The maximum Gasteiger partial charge on any atom is 0.238 e. The molecule has 1 saturated heterocycles. The van der Waals surface area contributed by atoms with Crippen molar-refractivity contribution >= 4 is 11.8 Å². The topological polar surface area (TPSA) is 61.9 Å². The first-order chi connectivity index (χ1) is 11.0. The highest BCUT2D eigenvalue weighted by Crippen LogP contribution is 2.13. The highest BCUT2D eigenvalue weighted by Gasteiger charge is 2.31. The molecular weight excluding hydrogens is 301 g/mol. The van der Waals surface area contributed by atoms with Crippen LogP contribution in [0.3, 0.4) is 0 Å². The monoisotopic (exact) mass is 323 g/mol. The van der Waals surface area contributed by atoms with Gasteiger partial charge in [0.05, 0.1) is 13.0 Å². The zero-order chi connectivity index (χ0) is 16.8. The molecular formula is C16H22FN3O3. The van der Waals surface area contributed by atoms with Crippen molar-refractivity contribution in [1.29, 1.82) is 0 Å². The Morgan fingerprint density at radius 1 is 1.39 bits per heavy atom. The van der Waals surface area contributed by atoms with Gasteiger partial charge in [-0.2, -0.15) is 0 Å². The van der Waals surface area contributed by atoms with Crippen molar-refractivity contribution in [2.75, 3.05) is 40.3 Å². The van der Waals surface area contributed by atoms with Gasteiger partial charge >= 0.3 is 0 Å². The van der Waals surface area contributed by atoms with Gasteiger partial charge in [-0.1, -0.05) is 6.07 Å². The first-order valence-corrected chi connectivity index (χ1v) is 7.59. The van der Waals surface area contributed by atoms with Crippen LogP contribution in [0.15, 0.2) is 24.3 Å². The summed E-state index contributed by atoms with van der Waals surface area (Å²) in [5.74, 6) is -0.134. The quantitative estimate of drug-likeness (QED) is 0.856. The standard InChI is InChI=1S/C16H22FN3O3/c1-18-16(22)14-11-20(8-7-19(14)2)15(21)6-9-23-13-5-3-4-12(17)10-13/h3-5,10,14H,6-9,11H2,1-2H3,(H,18,22)/t14-/m1/s1. The third-order valence-corrected chi connectivity index (χ3v) is 3.93. The van der Waals surface area contributed by atoms with Crippen LogP contribution in [-0.2, 0) is 9.59 Å². The Kier molecular flexibility index (Phi) is 5.92. The zero-order valence-electron chi connectivity index (χ0n) is 13.4. The van der Waals surface area contributed by atoms with Gasteiger partial charge in [-0.25, -0.2) is 4.39 Å². The molecule has 0 aromatic heterocycles. The summed E-state index contributed by atoms with van der Waals surface area (Å²) < 4.78 is 18.4. The third kappa shape index (κ3) is 4.66. The fourth-order valence-corrected chi connectivity index (χ4v) is 2.52. The molecule has 7 heteroatoms. The molecule has 1 aromatic carbocycles. The van der Waals surface area contributed by atoms with E-state index in [1.165, 1.54) is 12.1 Å². The van der Waals surface area contributed by atoms with Crippen LogP contribution < -0.4 is 10.1 Å². The zero-order valence-corrected chi connectivity index (χ0v) is 13.4. The number of benzene rings is 1. The van der Waals surface area contributed by atoms with Crippen LogP contribution in [0.2, 0.25) is 0 Å². The van der Waals surface area contributed by atoms with Crippen molar-refractivity contribution < 1.29 is 18.7 Å². The lowest BCUT2D eigenvalue weighted by Crippen LogP contribution is -2.58. The third-order valence-electron chi connectivity index (χ3n) is 3.93. The molecule has 126 valence electrons. The van der Waals surface area contributed by atoms with Gasteiger partial charge in [0.25, 0.3) is 0 Å². The van der Waals surface area contributed by atoms with Gasteiger partial charge in [0.2, 0.25) is 11.8 Å². The number of rotatable bonds is 5. The van der Waals surface area contributed by atoms with E-state index in [0.717, 1.165) is 0 Å². The molecule has 0 unspecified atom stereocenters. The minimum atomic E-state index is -0.374. The average molecular weight is 323 g/mol. The number of carbonyl (C=O) groups is 2. The number of hydrogen-bond donors (Lipinski definition) is 1. The number of likely N-dealkylation sites (N-methyl/N-ethyl adjacent to an activating group) is 2. The van der Waals surface area contributed by atoms with Crippen LogP contribution in [0.1, 0.15) is 6.42 Å². The number of carbonyl (C=O) groups excluding carboxylic acids is 2. The van der Waals surface area contributed by atoms with E-state index in [4.69, 9.17) is 4.74 Å². The van der Waals surface area contributed by atoms with E-state index in [2.05, 4.69) is 5.32 Å². The molecule has 1 aromatic rings. The molecule has 6 nitrogen and oxygen atoms in total. The Balaban J connectivity index is 1.82. The number of nitrogens with zero attached hydrogens (tertiary/aromatic N) is 2. The summed E-state index contributed by atoms with van der Waals surface area (Å²) in [5, 5.41) is 2.62. The van der Waals surface area contributed by atoms with Gasteiger partial charge in [-0.05, 0) is 19.2 Å². The molecule has 0 radical (unpaired) electrons. The van der Waals surface area contributed by atoms with E-state index in [1.54, 1.807) is 24.1 Å². The molecule has 1 aliphatic heterocycles. The van der Waals surface area contributed by atoms with Crippen molar-refractivity contribution in [3.05, 3.63) is 30.1 Å². The molecule has 0 spiro atoms. The molecule has 1 aliphatic rings. The van der Waals surface area contributed by atoms with E-state index in [0.29, 0.717) is 25.4 Å². The summed E-state index contributed by atoms with van der Waals surface area (Å²) in [7, 11) is 3.46. The van der Waals surface area contributed by atoms with E-state index >= 15 is 0 Å². The van der Waals surface area contributed by atoms with E-state index in [9.17, 15) is 14.0 Å². The van der Waals surface area contributed by atoms with Crippen LogP contribution >= 0.6 is 0 Å². The van der Waals surface area contributed by atoms with E-state index in [-0.39, 0.29) is 36.7 Å². The van der Waals surface area contributed by atoms with E-state index in [1.807, 2.05) is 11.9 Å². The number of nitrogens with one attached hydrogen (secondary N) is 1. The molecule has 1 N–H and O–H groups in total. The van der Waals surface area contributed by atoms with Gasteiger partial charge in [-0.3, -0.25) is 14.5 Å². The second-order valence-electron chi connectivity index (χ2n) is 5.51. The van der Waals surface area contributed by atoms with Gasteiger partial charge in [-0.15, -0.1) is 0 Å². The second-order valence-corrected chi connectivity index (χ2v) is 5.51. The molecule has 2 rings (SSSR count). The fraction of sp³-hybridized carbons (Fsp3) is 0.500. The van der Waals surface area contributed by atoms with Crippen LogP contribution in [0.5, 0.6) is 5.75 Å². The van der Waals surface area contributed by atoms with Gasteiger partial charge in [0.15, 0.2) is 0 Å². The van der Waals surface area contributed by atoms with Gasteiger partial charge in [0.1, 0.15) is 17.6 Å². The first kappa shape index (κ1) is 17.2. The number of ether oxygens (including phenoxy) is 1. The summed E-state index contributed by atoms with van der Waals surface area (Å²) in [6.07, 6.45) is 0.195. The predicted octanol–water partition coefficient (Wildman–Crippen LogP) is 0.483. The Morgan fingerprint density at radius 3 is 2.87 bits per heavy atom. The van der Waals surface area contributed by atoms with Crippen LogP contribution in [0.25, 0.3) is 0 Å². The van der Waals surface area contributed by atoms with Gasteiger partial charge < -0.3 is 15.0 Å². The Morgan fingerprint density at radius 2 is 2.17 bits per heavy atom. The molecule has 2 amide bonds. The maximum absolute atomic E-state index is 13.0. The molecule has 0 bridgehead atoms. The number of hydrogen-bond acceptors (Lipinski definition) is 4. The normalized spacial score (nSPS) is 18.6. The van der Waals surface area contributed by atoms with Crippen molar-refractivity contribution in [3.8, 4) is 5.75 Å². The number of amides is 2. The van der Waals surface area contributed by atoms with E-state index < -0.39 is 0 Å². The van der Waals surface area contributed by atoms with Crippen LogP contribution in [-0.4, -0.2) is 68.0 Å². The highest BCUT2D eigenvalue weighted by atomic mass is 19.1. The summed E-state index contributed by atoms with van der Waals surface area (Å²) >= 11 is 0. The van der Waals surface area contributed by atoms with Crippen molar-refractivity contribution in [2.45, 2.75) is 12.5 Å². The largest absolute Gasteiger partial charge is 0.493 e. The van der Waals surface area contributed by atoms with Crippen LogP contribution in [0, 0.1) is 5.82 Å². The van der Waals surface area contributed by atoms with Crippen LogP contribution in [0.4, 0.5) is 4.39 Å². The molecule has 0 aliphatic carbocycles. The lowest BCUT2D eigenvalue weighted by Gasteiger charge is -2.38. The Bertz CT molecular complexity index is 567. The minimum absolute atomic E-state index is 0.0663. The summed E-state index contributed by atoms with van der Waals surface area (Å²) in [6.45, 7) is 1.78. The number of halogens is 1. The lowest BCUT2D eigenvalue weighted by atomic mass is 10.1. The highest BCUT2D eigenvalue weighted by molar-refractivity contribution is 5.83. The summed E-state index contributed by atoms with van der Waals surface area (Å²) in [5.41, 5.74) is 0. The molecule has 1 fully saturated rings. The Labute approximate surface area is 135 Å². The molecule has 0 saturated carbocycles. The second kappa shape index (κ2) is 7.92. The SMILES string of the molecule is CNC(=O)[C@H]1CN(C(=O)CCOc2cccc(F)c2)CCN1C. The van der Waals surface area contributed by atoms with Gasteiger partial charge in [0, 0.05) is 32.7 Å². The van der Waals surface area contributed by atoms with Crippen molar-refractivity contribution in [1.82, 2.24) is 15.1 Å². The minimum Gasteiger partial charge on any atom is -0.493 e. The molecule has 23 heavy (non-hydrogen) atoms. The summed E-state index contributed by atoms with van der Waals surface area (Å²) in [4.78, 5) is 27.7. The predicted molar refractivity (Wildman–Crippen MR) is 83.6 cm³/mol. The number of piperazine rings is 1. The fourth-order valence-electron chi connectivity index (χ4n) is 2.52. The smallest absolute Gasteiger partial charge is 0.238 e.